The van der Waals surface area contributed by atoms with Crippen LogP contribution in [0.5, 0.6) is 0 Å². The lowest BCUT2D eigenvalue weighted by atomic mass is 9.98. The lowest BCUT2D eigenvalue weighted by Gasteiger charge is -2.17. The number of nitrogens with zero attached hydrogens (tertiary/aromatic N) is 1. The van der Waals surface area contributed by atoms with Crippen molar-refractivity contribution in [1.82, 2.24) is 10.3 Å². The van der Waals surface area contributed by atoms with Gasteiger partial charge in [0.25, 0.3) is 0 Å². The van der Waals surface area contributed by atoms with E-state index in [0.29, 0.717) is 5.69 Å². The summed E-state index contributed by atoms with van der Waals surface area (Å²) in [5.41, 5.74) is 10.5. The SMILES string of the molecule is Nc1cccc(CC(NC(=O)OCC2c3ccccc3-c3ccccc32)C(=O)O)n1. The number of hydrogen-bond donors (Lipinski definition) is 3. The number of carbonyl (C=O) groups is 2. The Morgan fingerprint density at radius 3 is 2.23 bits per heavy atom. The van der Waals surface area contributed by atoms with Crippen LogP contribution in [0, 0.1) is 0 Å². The number of alkyl carbamates (subject to hydrolysis) is 1. The van der Waals surface area contributed by atoms with Crippen LogP contribution in [0.15, 0.2) is 66.7 Å². The molecule has 4 rings (SSSR count). The van der Waals surface area contributed by atoms with Gasteiger partial charge >= 0.3 is 12.1 Å². The summed E-state index contributed by atoms with van der Waals surface area (Å²) in [6.45, 7) is 0.114. The standard InChI is InChI=1S/C23H21N3O4/c24-21-11-5-6-14(25-21)12-20(22(27)28)26-23(29)30-13-19-17-9-3-1-7-15(17)16-8-2-4-10-18(16)19/h1-11,19-20H,12-13H2,(H2,24,25)(H,26,29)(H,27,28). The van der Waals surface area contributed by atoms with E-state index < -0.39 is 18.1 Å². The van der Waals surface area contributed by atoms with E-state index in [2.05, 4.69) is 10.3 Å². The van der Waals surface area contributed by atoms with E-state index in [0.717, 1.165) is 22.3 Å². The van der Waals surface area contributed by atoms with E-state index in [-0.39, 0.29) is 24.8 Å². The molecular weight excluding hydrogens is 382 g/mol. The van der Waals surface area contributed by atoms with Crippen LogP contribution in [0.2, 0.25) is 0 Å². The number of anilines is 1. The molecule has 1 amide bonds. The second kappa shape index (κ2) is 8.24. The Balaban J connectivity index is 1.43. The van der Waals surface area contributed by atoms with Crippen molar-refractivity contribution in [2.24, 2.45) is 0 Å². The van der Waals surface area contributed by atoms with Gasteiger partial charge in [-0.2, -0.15) is 0 Å². The molecular formula is C23H21N3O4. The Kier molecular flexibility index (Phi) is 5.34. The predicted molar refractivity (Wildman–Crippen MR) is 112 cm³/mol. The second-order valence-corrected chi connectivity index (χ2v) is 7.12. The molecule has 7 nitrogen and oxygen atoms in total. The topological polar surface area (TPSA) is 115 Å². The molecule has 2 aromatic carbocycles. The number of rotatable bonds is 6. The molecule has 0 saturated heterocycles. The smallest absolute Gasteiger partial charge is 0.407 e. The van der Waals surface area contributed by atoms with E-state index in [1.54, 1.807) is 18.2 Å². The highest BCUT2D eigenvalue weighted by Crippen LogP contribution is 2.44. The summed E-state index contributed by atoms with van der Waals surface area (Å²) < 4.78 is 5.42. The number of nitrogens with one attached hydrogen (secondary N) is 1. The van der Waals surface area contributed by atoms with E-state index >= 15 is 0 Å². The number of carbonyl (C=O) groups excluding carboxylic acids is 1. The maximum atomic E-state index is 12.4. The fourth-order valence-electron chi connectivity index (χ4n) is 3.80. The molecule has 0 aliphatic heterocycles. The highest BCUT2D eigenvalue weighted by Gasteiger charge is 2.29. The molecule has 1 aliphatic rings. The van der Waals surface area contributed by atoms with Gasteiger partial charge in [-0.1, -0.05) is 54.6 Å². The molecule has 0 radical (unpaired) electrons. The Hall–Kier alpha value is -3.87. The first-order valence-corrected chi connectivity index (χ1v) is 9.58. The number of hydrogen-bond acceptors (Lipinski definition) is 5. The summed E-state index contributed by atoms with van der Waals surface area (Å²) in [4.78, 5) is 28.0. The summed E-state index contributed by atoms with van der Waals surface area (Å²) in [5.74, 6) is -0.979. The number of nitrogen functional groups attached to an aromatic ring is 1. The zero-order valence-corrected chi connectivity index (χ0v) is 16.1. The van der Waals surface area contributed by atoms with Crippen LogP contribution in [0.1, 0.15) is 22.7 Å². The summed E-state index contributed by atoms with van der Waals surface area (Å²) in [6.07, 6.45) is -0.780. The van der Waals surface area contributed by atoms with Gasteiger partial charge < -0.3 is 20.9 Å². The number of pyridine rings is 1. The highest BCUT2D eigenvalue weighted by atomic mass is 16.5. The quantitative estimate of drug-likeness (QED) is 0.582. The molecule has 1 aromatic heterocycles. The molecule has 0 saturated carbocycles. The number of nitrogens with two attached hydrogens (primary N) is 1. The van der Waals surface area contributed by atoms with E-state index in [9.17, 15) is 14.7 Å². The molecule has 4 N–H and O–H groups in total. The van der Waals surface area contributed by atoms with Gasteiger partial charge in [-0.15, -0.1) is 0 Å². The maximum absolute atomic E-state index is 12.4. The number of carboxylic acids is 1. The van der Waals surface area contributed by atoms with Crippen LogP contribution in [0.25, 0.3) is 11.1 Å². The first-order valence-electron chi connectivity index (χ1n) is 9.58. The average Bonchev–Trinajstić information content (AvgIpc) is 3.06. The van der Waals surface area contributed by atoms with E-state index in [1.165, 1.54) is 0 Å². The first kappa shape index (κ1) is 19.4. The largest absolute Gasteiger partial charge is 0.480 e. The van der Waals surface area contributed by atoms with Gasteiger partial charge in [0.1, 0.15) is 18.5 Å². The van der Waals surface area contributed by atoms with Crippen LogP contribution < -0.4 is 11.1 Å². The lowest BCUT2D eigenvalue weighted by Crippen LogP contribution is -2.43. The Labute approximate surface area is 173 Å². The Morgan fingerprint density at radius 2 is 1.63 bits per heavy atom. The van der Waals surface area contributed by atoms with Gasteiger partial charge in [0.05, 0.1) is 0 Å². The number of aliphatic carboxylic acids is 1. The molecule has 0 bridgehead atoms. The Morgan fingerprint density at radius 1 is 1.00 bits per heavy atom. The molecule has 1 heterocycles. The predicted octanol–water partition coefficient (Wildman–Crippen LogP) is 3.20. The van der Waals surface area contributed by atoms with Crippen LogP contribution in [0.4, 0.5) is 10.6 Å². The van der Waals surface area contributed by atoms with Crippen LogP contribution in [0.3, 0.4) is 0 Å². The third-order valence-electron chi connectivity index (χ3n) is 5.18. The number of aromatic nitrogens is 1. The number of ether oxygens (including phenoxy) is 1. The lowest BCUT2D eigenvalue weighted by molar-refractivity contribution is -0.139. The molecule has 1 unspecified atom stereocenters. The van der Waals surface area contributed by atoms with Crippen molar-refractivity contribution < 1.29 is 19.4 Å². The van der Waals surface area contributed by atoms with Crippen molar-refractivity contribution in [3.63, 3.8) is 0 Å². The van der Waals surface area contributed by atoms with Crippen LogP contribution in [-0.2, 0) is 16.0 Å². The molecule has 7 heteroatoms. The first-order chi connectivity index (χ1) is 14.5. The van der Waals surface area contributed by atoms with E-state index in [1.807, 2.05) is 48.5 Å². The van der Waals surface area contributed by atoms with Gasteiger partial charge in [-0.05, 0) is 34.4 Å². The third kappa shape index (κ3) is 3.96. The minimum Gasteiger partial charge on any atom is -0.480 e. The van der Waals surface area contributed by atoms with Crippen molar-refractivity contribution in [1.29, 1.82) is 0 Å². The molecule has 1 atom stereocenters. The minimum atomic E-state index is -1.17. The van der Waals surface area contributed by atoms with Gasteiger partial charge in [0.2, 0.25) is 0 Å². The highest BCUT2D eigenvalue weighted by molar-refractivity contribution is 5.81. The van der Waals surface area contributed by atoms with Gasteiger partial charge in [-0.3, -0.25) is 0 Å². The molecule has 0 fully saturated rings. The normalized spacial score (nSPS) is 13.2. The van der Waals surface area contributed by atoms with Gasteiger partial charge in [-0.25, -0.2) is 14.6 Å². The molecule has 1 aliphatic carbocycles. The van der Waals surface area contributed by atoms with Crippen LogP contribution >= 0.6 is 0 Å². The Bertz CT molecular complexity index is 1050. The summed E-state index contributed by atoms with van der Waals surface area (Å²) >= 11 is 0. The summed E-state index contributed by atoms with van der Waals surface area (Å²) in [6, 6.07) is 19.8. The van der Waals surface area contributed by atoms with E-state index in [4.69, 9.17) is 10.5 Å². The zero-order valence-electron chi connectivity index (χ0n) is 16.1. The monoisotopic (exact) mass is 403 g/mol. The summed E-state index contributed by atoms with van der Waals surface area (Å²) in [7, 11) is 0. The molecule has 30 heavy (non-hydrogen) atoms. The average molecular weight is 403 g/mol. The van der Waals surface area contributed by atoms with Crippen molar-refractivity contribution in [2.75, 3.05) is 12.3 Å². The molecule has 0 spiro atoms. The van der Waals surface area contributed by atoms with Crippen LogP contribution in [-0.4, -0.2) is 34.8 Å². The second-order valence-electron chi connectivity index (χ2n) is 7.12. The fourth-order valence-corrected chi connectivity index (χ4v) is 3.80. The number of amides is 1. The van der Waals surface area contributed by atoms with Crippen molar-refractivity contribution in [2.45, 2.75) is 18.4 Å². The molecule has 152 valence electrons. The zero-order chi connectivity index (χ0) is 21.1. The third-order valence-corrected chi connectivity index (χ3v) is 5.18. The van der Waals surface area contributed by atoms with Crippen molar-refractivity contribution >= 4 is 17.9 Å². The fraction of sp³-hybridized carbons (Fsp3) is 0.174. The summed E-state index contributed by atoms with van der Waals surface area (Å²) in [5, 5.41) is 11.9. The van der Waals surface area contributed by atoms with Crippen molar-refractivity contribution in [3.8, 4) is 11.1 Å². The number of benzene rings is 2. The maximum Gasteiger partial charge on any atom is 0.407 e. The number of fused-ring (bicyclic) bond motifs is 3. The van der Waals surface area contributed by atoms with Gasteiger partial charge in [0, 0.05) is 18.0 Å². The number of carboxylic acid groups (broad SMARTS) is 1. The minimum absolute atomic E-state index is 0.00453. The molecule has 3 aromatic rings. The van der Waals surface area contributed by atoms with Crippen molar-refractivity contribution in [3.05, 3.63) is 83.6 Å². The van der Waals surface area contributed by atoms with Gasteiger partial charge in [0.15, 0.2) is 0 Å².